The number of aryl methyl sites for hydroxylation is 1. The van der Waals surface area contributed by atoms with Crippen LogP contribution in [0.4, 0.5) is 5.82 Å². The number of nitrogens with zero attached hydrogens (tertiary/aromatic N) is 1. The predicted molar refractivity (Wildman–Crippen MR) is 76.6 cm³/mol. The van der Waals surface area contributed by atoms with E-state index in [1.54, 1.807) is 6.20 Å². The molecule has 4 heteroatoms. The second-order valence-electron chi connectivity index (χ2n) is 6.32. The van der Waals surface area contributed by atoms with Gasteiger partial charge in [0.05, 0.1) is 0 Å². The number of rotatable bonds is 2. The molecule has 1 N–H and O–H groups in total. The van der Waals surface area contributed by atoms with E-state index in [1.807, 2.05) is 13.0 Å². The Morgan fingerprint density at radius 1 is 1.37 bits per heavy atom. The molecule has 100 valence electrons. The highest BCUT2D eigenvalue weighted by molar-refractivity contribution is 9.10. The number of anilines is 1. The zero-order valence-corrected chi connectivity index (χ0v) is 12.5. The minimum Gasteiger partial charge on any atom is -0.310 e. The molecule has 3 aliphatic rings. The maximum Gasteiger partial charge on any atom is 0.229 e. The highest BCUT2D eigenvalue weighted by atomic mass is 79.9. The van der Waals surface area contributed by atoms with E-state index in [0.717, 1.165) is 21.9 Å². The summed E-state index contributed by atoms with van der Waals surface area (Å²) >= 11 is 3.39. The van der Waals surface area contributed by atoms with Gasteiger partial charge in [-0.3, -0.25) is 4.79 Å². The summed E-state index contributed by atoms with van der Waals surface area (Å²) in [5, 5.41) is 3.03. The second-order valence-corrected chi connectivity index (χ2v) is 7.24. The number of carbonyl (C=O) groups excluding carboxylic acids is 1. The molecule has 4 atom stereocenters. The molecule has 1 amide bonds. The van der Waals surface area contributed by atoms with Crippen molar-refractivity contribution in [2.45, 2.75) is 26.2 Å². The third-order valence-corrected chi connectivity index (χ3v) is 5.76. The number of carbonyl (C=O) groups is 1. The number of nitrogens with one attached hydrogen (secondary N) is 1. The Labute approximate surface area is 121 Å². The van der Waals surface area contributed by atoms with Crippen LogP contribution in [0.3, 0.4) is 0 Å². The number of hydrogen-bond donors (Lipinski definition) is 1. The zero-order valence-electron chi connectivity index (χ0n) is 10.9. The summed E-state index contributed by atoms with van der Waals surface area (Å²) < 4.78 is 0.948. The summed E-state index contributed by atoms with van der Waals surface area (Å²) in [5.74, 6) is 4.24. The molecule has 0 spiro atoms. The number of amides is 1. The summed E-state index contributed by atoms with van der Waals surface area (Å²) in [6.45, 7) is 1.98. The highest BCUT2D eigenvalue weighted by Gasteiger charge is 2.67. The molecule has 3 nitrogen and oxygen atoms in total. The van der Waals surface area contributed by atoms with Crippen molar-refractivity contribution in [2.75, 3.05) is 5.32 Å². The van der Waals surface area contributed by atoms with Crippen LogP contribution in [0.25, 0.3) is 0 Å². The number of halogens is 1. The smallest absolute Gasteiger partial charge is 0.229 e. The summed E-state index contributed by atoms with van der Waals surface area (Å²) in [6.07, 6.45) is 5.82. The van der Waals surface area contributed by atoms with E-state index in [4.69, 9.17) is 0 Å². The van der Waals surface area contributed by atoms with Gasteiger partial charge in [-0.25, -0.2) is 4.98 Å². The van der Waals surface area contributed by atoms with Gasteiger partial charge in [0, 0.05) is 16.6 Å². The van der Waals surface area contributed by atoms with Gasteiger partial charge in [0.25, 0.3) is 0 Å². The Bertz CT molecular complexity index is 543. The maximum absolute atomic E-state index is 12.4. The van der Waals surface area contributed by atoms with Crippen molar-refractivity contribution in [1.82, 2.24) is 4.98 Å². The van der Waals surface area contributed by atoms with Crippen molar-refractivity contribution in [2.24, 2.45) is 29.6 Å². The van der Waals surface area contributed by atoms with Crippen LogP contribution in [0.15, 0.2) is 16.7 Å². The monoisotopic (exact) mass is 320 g/mol. The molecule has 2 bridgehead atoms. The van der Waals surface area contributed by atoms with Gasteiger partial charge < -0.3 is 5.32 Å². The molecule has 1 aromatic rings. The normalized spacial score (nSPS) is 38.1. The fourth-order valence-corrected chi connectivity index (χ4v) is 4.99. The van der Waals surface area contributed by atoms with Crippen LogP contribution >= 0.6 is 15.9 Å². The fraction of sp³-hybridized carbons (Fsp3) is 0.600. The lowest BCUT2D eigenvalue weighted by molar-refractivity contribution is -0.118. The van der Waals surface area contributed by atoms with E-state index in [1.165, 1.54) is 19.3 Å². The Balaban J connectivity index is 1.48. The zero-order chi connectivity index (χ0) is 13.1. The highest BCUT2D eigenvalue weighted by Crippen LogP contribution is 2.69. The van der Waals surface area contributed by atoms with Gasteiger partial charge in [-0.1, -0.05) is 0 Å². The SMILES string of the molecule is Cc1cc(Br)cnc1NC(=O)C1C2C3CCC(C3)C12. The van der Waals surface area contributed by atoms with E-state index >= 15 is 0 Å². The summed E-state index contributed by atoms with van der Waals surface area (Å²) in [6, 6.07) is 1.99. The number of aromatic nitrogens is 1. The Morgan fingerprint density at radius 2 is 2.05 bits per heavy atom. The molecule has 3 saturated carbocycles. The molecular formula is C15H17BrN2O. The number of fused-ring (bicyclic) bond motifs is 5. The topological polar surface area (TPSA) is 42.0 Å². The molecule has 4 rings (SSSR count). The van der Waals surface area contributed by atoms with Gasteiger partial charge in [-0.15, -0.1) is 0 Å². The minimum atomic E-state index is 0.199. The summed E-state index contributed by atoms with van der Waals surface area (Å²) in [7, 11) is 0. The van der Waals surface area contributed by atoms with Gasteiger partial charge in [-0.2, -0.15) is 0 Å². The Hall–Kier alpha value is -0.900. The molecule has 19 heavy (non-hydrogen) atoms. The molecule has 3 fully saturated rings. The van der Waals surface area contributed by atoms with Gasteiger partial charge >= 0.3 is 0 Å². The third-order valence-electron chi connectivity index (χ3n) is 5.32. The van der Waals surface area contributed by atoms with E-state index in [2.05, 4.69) is 26.2 Å². The Kier molecular flexibility index (Phi) is 2.53. The lowest BCUT2D eigenvalue weighted by atomic mass is 10.0. The second kappa shape index (κ2) is 4.05. The lowest BCUT2D eigenvalue weighted by Gasteiger charge is -2.10. The summed E-state index contributed by atoms with van der Waals surface area (Å²) in [5.41, 5.74) is 1.01. The van der Waals surface area contributed by atoms with Crippen molar-refractivity contribution in [1.29, 1.82) is 0 Å². The van der Waals surface area contributed by atoms with Gasteiger partial charge in [0.2, 0.25) is 5.91 Å². The molecule has 0 aromatic carbocycles. The van der Waals surface area contributed by atoms with Crippen LogP contribution in [0.2, 0.25) is 0 Å². The fourth-order valence-electron chi connectivity index (χ4n) is 4.55. The lowest BCUT2D eigenvalue weighted by Crippen LogP contribution is -2.19. The van der Waals surface area contributed by atoms with Crippen molar-refractivity contribution in [3.05, 3.63) is 22.3 Å². The van der Waals surface area contributed by atoms with Crippen LogP contribution in [0, 0.1) is 36.5 Å². The first-order chi connectivity index (χ1) is 9.15. The largest absolute Gasteiger partial charge is 0.310 e. The molecule has 4 unspecified atom stereocenters. The molecule has 0 aliphatic heterocycles. The summed E-state index contributed by atoms with van der Waals surface area (Å²) in [4.78, 5) is 16.7. The molecular weight excluding hydrogens is 304 g/mol. The van der Waals surface area contributed by atoms with Crippen LogP contribution < -0.4 is 5.32 Å². The van der Waals surface area contributed by atoms with E-state index in [-0.39, 0.29) is 11.8 Å². The van der Waals surface area contributed by atoms with E-state index in [9.17, 15) is 4.79 Å². The number of hydrogen-bond acceptors (Lipinski definition) is 2. The van der Waals surface area contributed by atoms with Gasteiger partial charge in [0.15, 0.2) is 0 Å². The quantitative estimate of drug-likeness (QED) is 0.907. The van der Waals surface area contributed by atoms with Gasteiger partial charge in [-0.05, 0) is 77.4 Å². The average Bonchev–Trinajstić information content (AvgIpc) is 2.82. The van der Waals surface area contributed by atoms with Crippen molar-refractivity contribution >= 4 is 27.7 Å². The first-order valence-corrected chi connectivity index (χ1v) is 7.87. The Morgan fingerprint density at radius 3 is 2.68 bits per heavy atom. The molecule has 0 saturated heterocycles. The molecule has 1 aromatic heterocycles. The van der Waals surface area contributed by atoms with Crippen molar-refractivity contribution < 1.29 is 4.79 Å². The standard InChI is InChI=1S/C15H17BrN2O/c1-7-4-10(16)6-17-14(7)18-15(19)13-11-8-2-3-9(5-8)12(11)13/h4,6,8-9,11-13H,2-3,5H2,1H3,(H,17,18,19). The van der Waals surface area contributed by atoms with Crippen molar-refractivity contribution in [3.63, 3.8) is 0 Å². The average molecular weight is 321 g/mol. The maximum atomic E-state index is 12.4. The third kappa shape index (κ3) is 1.76. The van der Waals surface area contributed by atoms with Crippen LogP contribution in [-0.2, 0) is 4.79 Å². The van der Waals surface area contributed by atoms with Crippen LogP contribution in [0.5, 0.6) is 0 Å². The molecule has 0 radical (unpaired) electrons. The van der Waals surface area contributed by atoms with Gasteiger partial charge in [0.1, 0.15) is 5.82 Å². The first-order valence-electron chi connectivity index (χ1n) is 7.08. The van der Waals surface area contributed by atoms with E-state index < -0.39 is 0 Å². The number of pyridine rings is 1. The van der Waals surface area contributed by atoms with Crippen LogP contribution in [0.1, 0.15) is 24.8 Å². The molecule has 3 aliphatic carbocycles. The van der Waals surface area contributed by atoms with Crippen LogP contribution in [-0.4, -0.2) is 10.9 Å². The first kappa shape index (κ1) is 11.9. The van der Waals surface area contributed by atoms with E-state index in [0.29, 0.717) is 17.7 Å². The van der Waals surface area contributed by atoms with Crippen molar-refractivity contribution in [3.8, 4) is 0 Å². The molecule has 1 heterocycles. The minimum absolute atomic E-state index is 0.199. The predicted octanol–water partition coefficient (Wildman–Crippen LogP) is 3.38.